The molecule has 3 N–H and O–H groups in total. The molecule has 2 aliphatic rings. The summed E-state index contributed by atoms with van der Waals surface area (Å²) in [5.41, 5.74) is 6.06. The van der Waals surface area contributed by atoms with Crippen molar-refractivity contribution in [2.24, 2.45) is 11.7 Å². The minimum absolute atomic E-state index is 0. The minimum atomic E-state index is -0.0334. The maximum Gasteiger partial charge on any atom is 0.257 e. The van der Waals surface area contributed by atoms with E-state index in [1.165, 1.54) is 19.1 Å². The second-order valence-electron chi connectivity index (χ2n) is 7.60. The van der Waals surface area contributed by atoms with Crippen molar-refractivity contribution in [1.29, 1.82) is 0 Å². The molecule has 0 bridgehead atoms. The van der Waals surface area contributed by atoms with E-state index in [-0.39, 0.29) is 43.2 Å². The van der Waals surface area contributed by atoms with Crippen LogP contribution >= 0.6 is 24.8 Å². The molecule has 160 valence electrons. The number of furan rings is 1. The van der Waals surface area contributed by atoms with Crippen molar-refractivity contribution in [3.8, 4) is 0 Å². The van der Waals surface area contributed by atoms with Gasteiger partial charge in [-0.1, -0.05) is 6.92 Å². The van der Waals surface area contributed by atoms with E-state index in [0.717, 1.165) is 18.8 Å². The van der Waals surface area contributed by atoms with Gasteiger partial charge in [-0.3, -0.25) is 14.5 Å². The summed E-state index contributed by atoms with van der Waals surface area (Å²) in [4.78, 5) is 28.7. The zero-order chi connectivity index (χ0) is 18.5. The van der Waals surface area contributed by atoms with Crippen molar-refractivity contribution < 1.29 is 14.0 Å². The number of carbonyl (C=O) groups is 2. The smallest absolute Gasteiger partial charge is 0.257 e. The first-order valence-electron chi connectivity index (χ1n) is 9.63. The lowest BCUT2D eigenvalue weighted by molar-refractivity contribution is -0.123. The van der Waals surface area contributed by atoms with Gasteiger partial charge in [0.2, 0.25) is 5.91 Å². The number of halogens is 2. The van der Waals surface area contributed by atoms with Crippen LogP contribution in [0.3, 0.4) is 0 Å². The molecule has 0 unspecified atom stereocenters. The van der Waals surface area contributed by atoms with Gasteiger partial charge in [-0.15, -0.1) is 24.8 Å². The summed E-state index contributed by atoms with van der Waals surface area (Å²) in [7, 11) is 0. The van der Waals surface area contributed by atoms with Gasteiger partial charge in [0.15, 0.2) is 0 Å². The molecular weight excluding hydrogens is 403 g/mol. The first-order chi connectivity index (χ1) is 12.5. The summed E-state index contributed by atoms with van der Waals surface area (Å²) in [5, 5.41) is 3.17. The van der Waals surface area contributed by atoms with Crippen LogP contribution in [0.25, 0.3) is 0 Å². The van der Waals surface area contributed by atoms with Crippen LogP contribution in [0.15, 0.2) is 16.7 Å². The molecule has 28 heavy (non-hydrogen) atoms. The maximum absolute atomic E-state index is 12.5. The Hall–Kier alpha value is -1.28. The van der Waals surface area contributed by atoms with Gasteiger partial charge in [0.05, 0.1) is 18.7 Å². The van der Waals surface area contributed by atoms with Crippen LogP contribution in [0.4, 0.5) is 0 Å². The first kappa shape index (κ1) is 24.8. The normalized spacial score (nSPS) is 22.7. The number of nitrogens with zero attached hydrogens (tertiary/aromatic N) is 2. The number of nitrogens with two attached hydrogens (primary N) is 1. The van der Waals surface area contributed by atoms with Crippen LogP contribution in [0.2, 0.25) is 0 Å². The fourth-order valence-electron chi connectivity index (χ4n) is 3.77. The Morgan fingerprint density at radius 2 is 1.79 bits per heavy atom. The summed E-state index contributed by atoms with van der Waals surface area (Å²) < 4.78 is 5.24. The van der Waals surface area contributed by atoms with Crippen LogP contribution in [-0.2, 0) is 11.3 Å². The molecule has 3 rings (SSSR count). The van der Waals surface area contributed by atoms with Crippen LogP contribution < -0.4 is 11.1 Å². The average molecular weight is 435 g/mol. The van der Waals surface area contributed by atoms with Gasteiger partial charge < -0.3 is 20.4 Å². The van der Waals surface area contributed by atoms with E-state index in [9.17, 15) is 9.59 Å². The van der Waals surface area contributed by atoms with Gasteiger partial charge >= 0.3 is 0 Å². The molecule has 0 aromatic carbocycles. The Labute approximate surface area is 179 Å². The Balaban J connectivity index is 0.00000196. The molecular formula is C19H32Cl2N4O3. The highest BCUT2D eigenvalue weighted by Gasteiger charge is 2.25. The minimum Gasteiger partial charge on any atom is -0.467 e. The van der Waals surface area contributed by atoms with Gasteiger partial charge in [0, 0.05) is 32.2 Å². The molecule has 2 heterocycles. The Morgan fingerprint density at radius 1 is 1.14 bits per heavy atom. The number of carbonyl (C=O) groups excluding carboxylic acids is 2. The van der Waals surface area contributed by atoms with E-state index >= 15 is 0 Å². The zero-order valence-corrected chi connectivity index (χ0v) is 18.0. The lowest BCUT2D eigenvalue weighted by Gasteiger charge is -2.34. The number of piperazine rings is 1. The molecule has 9 heteroatoms. The summed E-state index contributed by atoms with van der Waals surface area (Å²) in [6, 6.07) is 2.03. The Bertz CT molecular complexity index is 624. The van der Waals surface area contributed by atoms with E-state index in [1.54, 1.807) is 6.07 Å². The lowest BCUT2D eigenvalue weighted by Crippen LogP contribution is -2.52. The second-order valence-corrected chi connectivity index (χ2v) is 7.60. The van der Waals surface area contributed by atoms with Crippen molar-refractivity contribution >= 4 is 36.6 Å². The fourth-order valence-corrected chi connectivity index (χ4v) is 3.77. The summed E-state index contributed by atoms with van der Waals surface area (Å²) in [5.74, 6) is 1.46. The van der Waals surface area contributed by atoms with E-state index in [1.807, 2.05) is 4.90 Å². The van der Waals surface area contributed by atoms with Crippen molar-refractivity contribution in [3.63, 3.8) is 0 Å². The number of hydrogen-bond acceptors (Lipinski definition) is 5. The third-order valence-corrected chi connectivity index (χ3v) is 5.51. The standard InChI is InChI=1S/C19H30N4O3.2ClH/c1-14-2-4-16(5-3-14)21-18(24)12-22-6-8-23(9-7-22)19(25)15-10-17(11-20)26-13-15;;/h10,13-14,16H,2-9,11-12,20H2,1H3,(H,21,24);2*1H. The van der Waals surface area contributed by atoms with E-state index in [0.29, 0.717) is 50.1 Å². The molecule has 2 fully saturated rings. The highest BCUT2D eigenvalue weighted by molar-refractivity contribution is 5.94. The number of hydrogen-bond donors (Lipinski definition) is 2. The molecule has 1 saturated heterocycles. The lowest BCUT2D eigenvalue weighted by atomic mass is 9.87. The van der Waals surface area contributed by atoms with Gasteiger partial charge in [-0.05, 0) is 37.7 Å². The summed E-state index contributed by atoms with van der Waals surface area (Å²) in [6.45, 7) is 5.64. The van der Waals surface area contributed by atoms with Crippen LogP contribution in [-0.4, -0.2) is 60.4 Å². The molecule has 0 spiro atoms. The van der Waals surface area contributed by atoms with E-state index in [4.69, 9.17) is 10.2 Å². The van der Waals surface area contributed by atoms with Crippen molar-refractivity contribution in [3.05, 3.63) is 23.7 Å². The van der Waals surface area contributed by atoms with Gasteiger partial charge in [0.1, 0.15) is 12.0 Å². The Morgan fingerprint density at radius 3 is 2.36 bits per heavy atom. The van der Waals surface area contributed by atoms with Crippen molar-refractivity contribution in [1.82, 2.24) is 15.1 Å². The average Bonchev–Trinajstić information content (AvgIpc) is 3.13. The van der Waals surface area contributed by atoms with E-state index in [2.05, 4.69) is 17.1 Å². The molecule has 0 atom stereocenters. The fraction of sp³-hybridized carbons (Fsp3) is 0.684. The highest BCUT2D eigenvalue weighted by Crippen LogP contribution is 2.23. The van der Waals surface area contributed by atoms with Crippen LogP contribution in [0.5, 0.6) is 0 Å². The number of amides is 2. The Kier molecular flexibility index (Phi) is 10.3. The quantitative estimate of drug-likeness (QED) is 0.739. The van der Waals surface area contributed by atoms with Crippen LogP contribution in [0.1, 0.15) is 48.7 Å². The predicted octanol–water partition coefficient (Wildman–Crippen LogP) is 2.03. The van der Waals surface area contributed by atoms with Gasteiger partial charge in [-0.25, -0.2) is 0 Å². The number of nitrogens with one attached hydrogen (secondary N) is 1. The first-order valence-corrected chi connectivity index (χ1v) is 9.63. The topological polar surface area (TPSA) is 91.8 Å². The molecule has 1 aromatic heterocycles. The number of rotatable bonds is 5. The molecule has 0 radical (unpaired) electrons. The molecule has 1 saturated carbocycles. The third kappa shape index (κ3) is 6.65. The molecule has 1 aliphatic heterocycles. The molecule has 7 nitrogen and oxygen atoms in total. The highest BCUT2D eigenvalue weighted by atomic mass is 35.5. The van der Waals surface area contributed by atoms with Crippen molar-refractivity contribution in [2.45, 2.75) is 45.2 Å². The molecule has 1 aliphatic carbocycles. The second kappa shape index (κ2) is 11.7. The van der Waals surface area contributed by atoms with Gasteiger partial charge in [0.25, 0.3) is 5.91 Å². The third-order valence-electron chi connectivity index (χ3n) is 5.51. The molecule has 1 aromatic rings. The van der Waals surface area contributed by atoms with E-state index < -0.39 is 0 Å². The predicted molar refractivity (Wildman–Crippen MR) is 113 cm³/mol. The zero-order valence-electron chi connectivity index (χ0n) is 16.4. The van der Waals surface area contributed by atoms with Crippen molar-refractivity contribution in [2.75, 3.05) is 32.7 Å². The summed E-state index contributed by atoms with van der Waals surface area (Å²) in [6.07, 6.45) is 6.04. The van der Waals surface area contributed by atoms with Crippen LogP contribution in [0, 0.1) is 5.92 Å². The monoisotopic (exact) mass is 434 g/mol. The van der Waals surface area contributed by atoms with Gasteiger partial charge in [-0.2, -0.15) is 0 Å². The summed E-state index contributed by atoms with van der Waals surface area (Å²) >= 11 is 0. The molecule has 2 amide bonds. The maximum atomic E-state index is 12.5. The largest absolute Gasteiger partial charge is 0.467 e. The SMILES string of the molecule is CC1CCC(NC(=O)CN2CCN(C(=O)c3coc(CN)c3)CC2)CC1.Cl.Cl.